The van der Waals surface area contributed by atoms with Gasteiger partial charge in [-0.15, -0.1) is 0 Å². The summed E-state index contributed by atoms with van der Waals surface area (Å²) in [6.45, 7) is 2.96. The van der Waals surface area contributed by atoms with Crippen LogP contribution in [0.2, 0.25) is 0 Å². The molecule has 4 N–H and O–H groups in total. The van der Waals surface area contributed by atoms with E-state index in [1.807, 2.05) is 13.0 Å². The van der Waals surface area contributed by atoms with Crippen molar-refractivity contribution >= 4 is 19.4 Å². The van der Waals surface area contributed by atoms with Crippen molar-refractivity contribution in [2.75, 3.05) is 6.61 Å². The molecule has 9 heteroatoms. The lowest BCUT2D eigenvalue weighted by atomic mass is 9.42. The summed E-state index contributed by atoms with van der Waals surface area (Å²) >= 11 is 0. The lowest BCUT2D eigenvalue weighted by Crippen LogP contribution is -2.68. The Hall–Kier alpha value is -1.15. The minimum absolute atomic E-state index is 0.00608. The standard InChI is InChI=1S/C21H29O8P/c1-19-8-7-13(22)9-12(19)3-4-14-15-5-6-17(24)21(25,11-29-30(26,27)28)20(15,2)10-16(23)18(14)19/h7-9,14-16,18,23,25H,3-6,10-11H2,1-2H3,(H2,26,27,28)/t14-,15-,16-,18+,19-,20-,21-/m0/s1. The molecule has 30 heavy (non-hydrogen) atoms. The number of phosphoric ester groups is 1. The number of carbonyl (C=O) groups excluding carboxylic acids is 2. The van der Waals surface area contributed by atoms with Gasteiger partial charge >= 0.3 is 7.82 Å². The summed E-state index contributed by atoms with van der Waals surface area (Å²) in [5, 5.41) is 22.7. The highest BCUT2D eigenvalue weighted by Crippen LogP contribution is 2.65. The Morgan fingerprint density at radius 1 is 1.20 bits per heavy atom. The molecule has 0 aromatic heterocycles. The fourth-order valence-electron chi connectivity index (χ4n) is 6.92. The van der Waals surface area contributed by atoms with Crippen LogP contribution in [0.15, 0.2) is 23.8 Å². The van der Waals surface area contributed by atoms with Crippen LogP contribution in [0.5, 0.6) is 0 Å². The van der Waals surface area contributed by atoms with E-state index in [4.69, 9.17) is 9.79 Å². The van der Waals surface area contributed by atoms with Crippen LogP contribution >= 0.6 is 7.82 Å². The van der Waals surface area contributed by atoms with Gasteiger partial charge in [0.25, 0.3) is 0 Å². The van der Waals surface area contributed by atoms with Crippen LogP contribution in [0.1, 0.15) is 46.0 Å². The van der Waals surface area contributed by atoms with Crippen molar-refractivity contribution in [1.82, 2.24) is 0 Å². The smallest absolute Gasteiger partial charge is 0.393 e. The number of hydrogen-bond acceptors (Lipinski definition) is 6. The maximum atomic E-state index is 12.8. The van der Waals surface area contributed by atoms with E-state index < -0.39 is 42.7 Å². The maximum absolute atomic E-state index is 12.8. The van der Waals surface area contributed by atoms with Crippen molar-refractivity contribution in [2.24, 2.45) is 28.6 Å². The van der Waals surface area contributed by atoms with Crippen LogP contribution in [-0.2, 0) is 18.7 Å². The second-order valence-electron chi connectivity index (χ2n) is 9.80. The van der Waals surface area contributed by atoms with Gasteiger partial charge in [-0.25, -0.2) is 4.57 Å². The summed E-state index contributed by atoms with van der Waals surface area (Å²) in [5.74, 6) is -0.860. The Balaban J connectivity index is 1.72. The first-order valence-electron chi connectivity index (χ1n) is 10.4. The molecule has 3 fully saturated rings. The quantitative estimate of drug-likeness (QED) is 0.486. The Labute approximate surface area is 175 Å². The molecule has 0 aromatic carbocycles. The van der Waals surface area contributed by atoms with E-state index >= 15 is 0 Å². The van der Waals surface area contributed by atoms with Crippen molar-refractivity contribution in [3.63, 3.8) is 0 Å². The maximum Gasteiger partial charge on any atom is 0.469 e. The summed E-state index contributed by atoms with van der Waals surface area (Å²) in [5.41, 5.74) is -2.63. The van der Waals surface area contributed by atoms with Crippen LogP contribution in [0, 0.1) is 28.6 Å². The first-order chi connectivity index (χ1) is 13.8. The third-order valence-corrected chi connectivity index (χ3v) is 8.88. The first kappa shape index (κ1) is 22.1. The van der Waals surface area contributed by atoms with Gasteiger partial charge in [-0.2, -0.15) is 0 Å². The molecule has 0 heterocycles. The number of carbonyl (C=O) groups is 2. The normalized spacial score (nSPS) is 46.0. The van der Waals surface area contributed by atoms with Crippen molar-refractivity contribution in [2.45, 2.75) is 57.7 Å². The molecule has 4 rings (SSSR count). The molecular weight excluding hydrogens is 411 g/mol. The molecule has 3 saturated carbocycles. The van der Waals surface area contributed by atoms with Gasteiger partial charge in [0.2, 0.25) is 0 Å². The van der Waals surface area contributed by atoms with Gasteiger partial charge < -0.3 is 20.0 Å². The average Bonchev–Trinajstić information content (AvgIpc) is 2.64. The average molecular weight is 440 g/mol. The highest BCUT2D eigenvalue weighted by atomic mass is 31.2. The van der Waals surface area contributed by atoms with E-state index in [9.17, 15) is 24.4 Å². The number of phosphoric acid groups is 1. The van der Waals surface area contributed by atoms with E-state index in [0.29, 0.717) is 19.3 Å². The predicted molar refractivity (Wildman–Crippen MR) is 106 cm³/mol. The Morgan fingerprint density at radius 3 is 2.57 bits per heavy atom. The van der Waals surface area contributed by atoms with Gasteiger partial charge in [0.1, 0.15) is 0 Å². The Morgan fingerprint density at radius 2 is 1.90 bits per heavy atom. The van der Waals surface area contributed by atoms with Crippen molar-refractivity contribution in [3.05, 3.63) is 23.8 Å². The zero-order chi connectivity index (χ0) is 22.1. The molecule has 0 aliphatic heterocycles. The van der Waals surface area contributed by atoms with Crippen LogP contribution in [0.4, 0.5) is 0 Å². The molecular formula is C21H29O8P. The number of aliphatic hydroxyl groups excluding tert-OH is 1. The number of allylic oxidation sites excluding steroid dienone is 4. The molecule has 8 nitrogen and oxygen atoms in total. The van der Waals surface area contributed by atoms with Gasteiger partial charge in [-0.05, 0) is 49.7 Å². The van der Waals surface area contributed by atoms with E-state index in [0.717, 1.165) is 5.57 Å². The Bertz CT molecular complexity index is 889. The summed E-state index contributed by atoms with van der Waals surface area (Å²) in [6.07, 6.45) is 6.38. The summed E-state index contributed by atoms with van der Waals surface area (Å²) in [7, 11) is -4.88. The van der Waals surface area contributed by atoms with Gasteiger partial charge in [0.05, 0.1) is 12.7 Å². The number of ketones is 2. The largest absolute Gasteiger partial charge is 0.469 e. The minimum Gasteiger partial charge on any atom is -0.393 e. The molecule has 0 amide bonds. The molecule has 4 aliphatic carbocycles. The molecule has 0 unspecified atom stereocenters. The topological polar surface area (TPSA) is 141 Å². The summed E-state index contributed by atoms with van der Waals surface area (Å²) < 4.78 is 15.9. The summed E-state index contributed by atoms with van der Waals surface area (Å²) in [6, 6.07) is 0. The van der Waals surface area contributed by atoms with E-state index in [2.05, 4.69) is 4.52 Å². The van der Waals surface area contributed by atoms with E-state index in [1.54, 1.807) is 19.1 Å². The Kier molecular flexibility index (Phi) is 5.09. The van der Waals surface area contributed by atoms with Crippen molar-refractivity contribution < 1.29 is 38.7 Å². The molecule has 4 aliphatic rings. The SMILES string of the molecule is C[C@]12C=CC(=O)C=C1CC[C@@H]1[C@@H]2[C@@H](O)C[C@@]2(C)[C@H]1CCC(=O)[C@@]2(O)COP(=O)(O)O. The lowest BCUT2D eigenvalue weighted by molar-refractivity contribution is -0.218. The molecule has 0 bridgehead atoms. The molecule has 166 valence electrons. The highest BCUT2D eigenvalue weighted by Gasteiger charge is 2.67. The van der Waals surface area contributed by atoms with Crippen molar-refractivity contribution in [1.29, 1.82) is 0 Å². The zero-order valence-electron chi connectivity index (χ0n) is 17.2. The van der Waals surface area contributed by atoms with Gasteiger partial charge in [0.15, 0.2) is 17.2 Å². The monoisotopic (exact) mass is 440 g/mol. The van der Waals surface area contributed by atoms with Crippen LogP contribution in [-0.4, -0.2) is 49.9 Å². The molecule has 0 aromatic rings. The third-order valence-electron chi connectivity index (χ3n) is 8.42. The summed E-state index contributed by atoms with van der Waals surface area (Å²) in [4.78, 5) is 42.9. The number of hydrogen-bond donors (Lipinski definition) is 4. The molecule has 7 atom stereocenters. The highest BCUT2D eigenvalue weighted by molar-refractivity contribution is 7.46. The zero-order valence-corrected chi connectivity index (χ0v) is 18.0. The van der Waals surface area contributed by atoms with E-state index in [-0.39, 0.29) is 36.4 Å². The van der Waals surface area contributed by atoms with Gasteiger partial charge in [0, 0.05) is 23.2 Å². The second kappa shape index (κ2) is 6.92. The van der Waals surface area contributed by atoms with Gasteiger partial charge in [-0.1, -0.05) is 25.5 Å². The lowest BCUT2D eigenvalue weighted by Gasteiger charge is -2.63. The fraction of sp³-hybridized carbons (Fsp3) is 0.714. The van der Waals surface area contributed by atoms with Crippen molar-refractivity contribution in [3.8, 4) is 0 Å². The van der Waals surface area contributed by atoms with Gasteiger partial charge in [-0.3, -0.25) is 14.1 Å². The molecule has 0 spiro atoms. The fourth-order valence-corrected chi connectivity index (χ4v) is 7.27. The van der Waals surface area contributed by atoms with Crippen LogP contribution < -0.4 is 0 Å². The molecule has 0 radical (unpaired) electrons. The second-order valence-corrected chi connectivity index (χ2v) is 11.0. The number of rotatable bonds is 3. The number of fused-ring (bicyclic) bond motifs is 5. The third kappa shape index (κ3) is 3.12. The predicted octanol–water partition coefficient (Wildman–Crippen LogP) is 1.67. The molecule has 0 saturated heterocycles. The van der Waals surface area contributed by atoms with Crippen LogP contribution in [0.25, 0.3) is 0 Å². The number of Topliss-reactive ketones (excluding diaryl/α,β-unsaturated/α-hetero) is 1. The van der Waals surface area contributed by atoms with Crippen LogP contribution in [0.3, 0.4) is 0 Å². The minimum atomic E-state index is -4.88. The van der Waals surface area contributed by atoms with E-state index in [1.165, 1.54) is 0 Å². The number of aliphatic hydroxyl groups is 2. The first-order valence-corrected chi connectivity index (χ1v) is 11.9.